The normalized spacial score (nSPS) is 19.1. The molecular weight excluding hydrogens is 272 g/mol. The zero-order valence-electron chi connectivity index (χ0n) is 11.6. The van der Waals surface area contributed by atoms with Crippen LogP contribution in [0.25, 0.3) is 0 Å². The third-order valence-electron chi connectivity index (χ3n) is 3.73. The average molecular weight is 289 g/mol. The smallest absolute Gasteiger partial charge is 0.136 e. The molecule has 1 aromatic carbocycles. The fourth-order valence-corrected chi connectivity index (χ4v) is 2.88. The van der Waals surface area contributed by atoms with Gasteiger partial charge in [-0.15, -0.1) is 11.6 Å². The lowest BCUT2D eigenvalue weighted by Gasteiger charge is -2.25. The van der Waals surface area contributed by atoms with Crippen molar-refractivity contribution >= 4 is 11.6 Å². The van der Waals surface area contributed by atoms with Crippen molar-refractivity contribution in [3.63, 3.8) is 0 Å². The summed E-state index contributed by atoms with van der Waals surface area (Å²) >= 11 is 6.13. The SMILES string of the molecule is Cc1nc(C2CCOc3ccccc32)ncc1C(C)Cl. The minimum atomic E-state index is -0.0639. The standard InChI is InChI=1S/C16H17ClN2O/c1-10(17)14-9-18-16(19-11(14)2)13-7-8-20-15-6-4-3-5-12(13)15/h3-6,9-10,13H,7-8H2,1-2H3. The Labute approximate surface area is 124 Å². The Morgan fingerprint density at radius 3 is 2.90 bits per heavy atom. The quantitative estimate of drug-likeness (QED) is 0.784. The molecule has 0 fully saturated rings. The van der Waals surface area contributed by atoms with Crippen molar-refractivity contribution in [3.05, 3.63) is 53.1 Å². The van der Waals surface area contributed by atoms with E-state index in [0.717, 1.165) is 29.3 Å². The van der Waals surface area contributed by atoms with Crippen LogP contribution in [0.15, 0.2) is 30.5 Å². The summed E-state index contributed by atoms with van der Waals surface area (Å²) in [7, 11) is 0. The van der Waals surface area contributed by atoms with Gasteiger partial charge in [0.1, 0.15) is 11.6 Å². The van der Waals surface area contributed by atoms with E-state index in [1.807, 2.05) is 38.2 Å². The zero-order valence-corrected chi connectivity index (χ0v) is 12.4. The maximum atomic E-state index is 6.13. The summed E-state index contributed by atoms with van der Waals surface area (Å²) in [4.78, 5) is 9.20. The van der Waals surface area contributed by atoms with Crippen molar-refractivity contribution in [2.24, 2.45) is 0 Å². The molecule has 1 aromatic heterocycles. The second-order valence-electron chi connectivity index (χ2n) is 5.11. The van der Waals surface area contributed by atoms with Crippen LogP contribution in [0.4, 0.5) is 0 Å². The summed E-state index contributed by atoms with van der Waals surface area (Å²) in [6.45, 7) is 4.64. The summed E-state index contributed by atoms with van der Waals surface area (Å²) in [5.41, 5.74) is 3.13. The molecular formula is C16H17ClN2O. The van der Waals surface area contributed by atoms with Crippen LogP contribution >= 0.6 is 11.6 Å². The number of aryl methyl sites for hydroxylation is 1. The van der Waals surface area contributed by atoms with Crippen LogP contribution in [0, 0.1) is 6.92 Å². The van der Waals surface area contributed by atoms with Crippen LogP contribution < -0.4 is 4.74 Å². The summed E-state index contributed by atoms with van der Waals surface area (Å²) in [6.07, 6.45) is 2.76. The van der Waals surface area contributed by atoms with Crippen LogP contribution in [-0.4, -0.2) is 16.6 Å². The lowest BCUT2D eigenvalue weighted by Crippen LogP contribution is -2.17. The summed E-state index contributed by atoms with van der Waals surface area (Å²) < 4.78 is 5.69. The highest BCUT2D eigenvalue weighted by Gasteiger charge is 2.25. The van der Waals surface area contributed by atoms with Gasteiger partial charge < -0.3 is 4.74 Å². The number of benzene rings is 1. The summed E-state index contributed by atoms with van der Waals surface area (Å²) in [5, 5.41) is -0.0639. The van der Waals surface area contributed by atoms with Gasteiger partial charge in [-0.05, 0) is 26.3 Å². The lowest BCUT2D eigenvalue weighted by atomic mass is 9.92. The molecule has 2 aromatic rings. The molecule has 3 nitrogen and oxygen atoms in total. The minimum Gasteiger partial charge on any atom is -0.493 e. The number of ether oxygens (including phenoxy) is 1. The highest BCUT2D eigenvalue weighted by molar-refractivity contribution is 6.20. The molecule has 0 saturated heterocycles. The average Bonchev–Trinajstić information content (AvgIpc) is 2.46. The van der Waals surface area contributed by atoms with Gasteiger partial charge in [-0.3, -0.25) is 0 Å². The van der Waals surface area contributed by atoms with Gasteiger partial charge in [0, 0.05) is 23.0 Å². The van der Waals surface area contributed by atoms with Crippen molar-refractivity contribution < 1.29 is 4.74 Å². The third-order valence-corrected chi connectivity index (χ3v) is 3.97. The highest BCUT2D eigenvalue weighted by atomic mass is 35.5. The van der Waals surface area contributed by atoms with E-state index >= 15 is 0 Å². The molecule has 2 heterocycles. The fraction of sp³-hybridized carbons (Fsp3) is 0.375. The van der Waals surface area contributed by atoms with E-state index in [0.29, 0.717) is 6.61 Å². The van der Waals surface area contributed by atoms with Crippen molar-refractivity contribution in [2.75, 3.05) is 6.61 Å². The molecule has 0 amide bonds. The molecule has 3 rings (SSSR count). The van der Waals surface area contributed by atoms with E-state index in [2.05, 4.69) is 16.0 Å². The van der Waals surface area contributed by atoms with Gasteiger partial charge in [0.2, 0.25) is 0 Å². The van der Waals surface area contributed by atoms with E-state index in [-0.39, 0.29) is 11.3 Å². The fourth-order valence-electron chi connectivity index (χ4n) is 2.66. The van der Waals surface area contributed by atoms with Crippen molar-refractivity contribution in [1.29, 1.82) is 0 Å². The molecule has 4 heteroatoms. The topological polar surface area (TPSA) is 35.0 Å². The number of hydrogen-bond donors (Lipinski definition) is 0. The van der Waals surface area contributed by atoms with Gasteiger partial charge in [-0.1, -0.05) is 18.2 Å². The van der Waals surface area contributed by atoms with E-state index in [4.69, 9.17) is 16.3 Å². The Bertz CT molecular complexity index is 628. The second kappa shape index (κ2) is 5.41. The molecule has 20 heavy (non-hydrogen) atoms. The number of nitrogens with zero attached hydrogens (tertiary/aromatic N) is 2. The van der Waals surface area contributed by atoms with Crippen LogP contribution in [-0.2, 0) is 0 Å². The summed E-state index contributed by atoms with van der Waals surface area (Å²) in [6, 6.07) is 8.12. The Morgan fingerprint density at radius 1 is 1.35 bits per heavy atom. The highest BCUT2D eigenvalue weighted by Crippen LogP contribution is 2.36. The zero-order chi connectivity index (χ0) is 14.1. The first-order valence-electron chi connectivity index (χ1n) is 6.86. The Balaban J connectivity index is 2.00. The first-order chi connectivity index (χ1) is 9.66. The number of para-hydroxylation sites is 1. The van der Waals surface area contributed by atoms with E-state index in [9.17, 15) is 0 Å². The predicted octanol–water partition coefficient (Wildman–Crippen LogP) is 4.00. The van der Waals surface area contributed by atoms with Crippen molar-refractivity contribution in [3.8, 4) is 5.75 Å². The molecule has 0 saturated carbocycles. The molecule has 0 radical (unpaired) electrons. The number of halogens is 1. The number of rotatable bonds is 2. The molecule has 1 aliphatic rings. The van der Waals surface area contributed by atoms with Crippen LogP contribution in [0.1, 0.15) is 47.3 Å². The molecule has 2 atom stereocenters. The van der Waals surface area contributed by atoms with Gasteiger partial charge in [0.05, 0.1) is 17.9 Å². The van der Waals surface area contributed by atoms with Crippen LogP contribution in [0.5, 0.6) is 5.75 Å². The van der Waals surface area contributed by atoms with Crippen LogP contribution in [0.2, 0.25) is 0 Å². The van der Waals surface area contributed by atoms with Crippen molar-refractivity contribution in [1.82, 2.24) is 9.97 Å². The van der Waals surface area contributed by atoms with E-state index < -0.39 is 0 Å². The lowest BCUT2D eigenvalue weighted by molar-refractivity contribution is 0.274. The molecule has 1 aliphatic heterocycles. The monoisotopic (exact) mass is 288 g/mol. The third kappa shape index (κ3) is 2.38. The predicted molar refractivity (Wildman–Crippen MR) is 79.4 cm³/mol. The molecule has 0 aliphatic carbocycles. The molecule has 0 N–H and O–H groups in total. The number of hydrogen-bond acceptors (Lipinski definition) is 3. The number of aromatic nitrogens is 2. The maximum absolute atomic E-state index is 6.13. The molecule has 0 spiro atoms. The Morgan fingerprint density at radius 2 is 2.15 bits per heavy atom. The Hall–Kier alpha value is -1.61. The van der Waals surface area contributed by atoms with Gasteiger partial charge in [0.25, 0.3) is 0 Å². The Kier molecular flexibility index (Phi) is 3.62. The van der Waals surface area contributed by atoms with Gasteiger partial charge in [-0.2, -0.15) is 0 Å². The van der Waals surface area contributed by atoms with E-state index in [1.54, 1.807) is 0 Å². The van der Waals surface area contributed by atoms with Crippen LogP contribution in [0.3, 0.4) is 0 Å². The molecule has 2 unspecified atom stereocenters. The second-order valence-corrected chi connectivity index (χ2v) is 5.77. The number of alkyl halides is 1. The van der Waals surface area contributed by atoms with E-state index in [1.165, 1.54) is 5.56 Å². The van der Waals surface area contributed by atoms with Gasteiger partial charge >= 0.3 is 0 Å². The number of fused-ring (bicyclic) bond motifs is 1. The van der Waals surface area contributed by atoms with Gasteiger partial charge in [-0.25, -0.2) is 9.97 Å². The molecule has 104 valence electrons. The van der Waals surface area contributed by atoms with Crippen molar-refractivity contribution in [2.45, 2.75) is 31.6 Å². The largest absolute Gasteiger partial charge is 0.493 e. The first-order valence-corrected chi connectivity index (χ1v) is 7.29. The first kappa shape index (κ1) is 13.4. The summed E-state index contributed by atoms with van der Waals surface area (Å²) in [5.74, 6) is 2.01. The maximum Gasteiger partial charge on any atom is 0.136 e. The molecule has 0 bridgehead atoms. The van der Waals surface area contributed by atoms with Gasteiger partial charge in [0.15, 0.2) is 0 Å². The minimum absolute atomic E-state index is 0.0639.